The average Bonchev–Trinajstić information content (AvgIpc) is 2.99. The van der Waals surface area contributed by atoms with Gasteiger partial charge in [-0.25, -0.2) is 0 Å². The molecule has 6 nitrogen and oxygen atoms in total. The molecule has 20 heavy (non-hydrogen) atoms. The molecule has 0 aliphatic heterocycles. The summed E-state index contributed by atoms with van der Waals surface area (Å²) in [6.45, 7) is 0. The highest BCUT2D eigenvalue weighted by Gasteiger charge is 2.09. The van der Waals surface area contributed by atoms with Crippen LogP contribution in [0.1, 0.15) is 5.56 Å². The van der Waals surface area contributed by atoms with Gasteiger partial charge in [0.2, 0.25) is 5.16 Å². The molecule has 2 aromatic heterocycles. The van der Waals surface area contributed by atoms with Gasteiger partial charge in [-0.05, 0) is 18.4 Å². The van der Waals surface area contributed by atoms with Crippen molar-refractivity contribution in [2.75, 3.05) is 6.26 Å². The summed E-state index contributed by atoms with van der Waals surface area (Å²) in [5.74, 6) is 0.538. The minimum Gasteiger partial charge on any atom is -0.184 e. The number of fused-ring (bicyclic) bond motifs is 1. The van der Waals surface area contributed by atoms with Crippen LogP contribution in [0.2, 0.25) is 10.0 Å². The van der Waals surface area contributed by atoms with Crippen molar-refractivity contribution in [3.63, 3.8) is 0 Å². The third-order valence-corrected chi connectivity index (χ3v) is 3.73. The Bertz CT molecular complexity index is 793. The molecule has 102 valence electrons. The van der Waals surface area contributed by atoms with Crippen molar-refractivity contribution in [2.45, 2.75) is 5.16 Å². The Labute approximate surface area is 128 Å². The van der Waals surface area contributed by atoms with Crippen LogP contribution in [-0.2, 0) is 0 Å². The summed E-state index contributed by atoms with van der Waals surface area (Å²) in [7, 11) is 0. The fourth-order valence-electron chi connectivity index (χ4n) is 1.59. The molecule has 3 aromatic rings. The van der Waals surface area contributed by atoms with Gasteiger partial charge in [-0.1, -0.05) is 41.0 Å². The van der Waals surface area contributed by atoms with E-state index in [0.717, 1.165) is 5.56 Å². The van der Waals surface area contributed by atoms with Gasteiger partial charge < -0.3 is 0 Å². The summed E-state index contributed by atoms with van der Waals surface area (Å²) in [5.41, 5.74) is 0.757. The van der Waals surface area contributed by atoms with Gasteiger partial charge in [-0.2, -0.15) is 19.4 Å². The first-order valence-electron chi connectivity index (χ1n) is 5.51. The third-order valence-electron chi connectivity index (χ3n) is 2.54. The highest BCUT2D eigenvalue weighted by atomic mass is 35.5. The first-order valence-corrected chi connectivity index (χ1v) is 7.49. The molecule has 2 heterocycles. The van der Waals surface area contributed by atoms with Crippen molar-refractivity contribution in [1.82, 2.24) is 24.5 Å². The van der Waals surface area contributed by atoms with Crippen LogP contribution in [-0.4, -0.2) is 37.0 Å². The smallest absolute Gasteiger partial charge is 0.184 e. The lowest BCUT2D eigenvalue weighted by Gasteiger charge is -1.97. The van der Waals surface area contributed by atoms with Crippen molar-refractivity contribution in [3.8, 4) is 0 Å². The Hall–Kier alpha value is -1.57. The maximum Gasteiger partial charge on any atom is 0.275 e. The minimum atomic E-state index is 0.531. The van der Waals surface area contributed by atoms with Gasteiger partial charge in [0.05, 0.1) is 11.2 Å². The van der Waals surface area contributed by atoms with E-state index in [9.17, 15) is 0 Å². The van der Waals surface area contributed by atoms with Crippen LogP contribution in [0.15, 0.2) is 34.8 Å². The molecule has 0 bridgehead atoms. The molecule has 3 rings (SSSR count). The molecule has 1 aromatic carbocycles. The van der Waals surface area contributed by atoms with Crippen molar-refractivity contribution in [2.24, 2.45) is 5.10 Å². The van der Waals surface area contributed by atoms with Gasteiger partial charge in [-0.15, -0.1) is 10.2 Å². The van der Waals surface area contributed by atoms with Crippen LogP contribution in [0, 0.1) is 0 Å². The van der Waals surface area contributed by atoms with Crippen molar-refractivity contribution >= 4 is 47.0 Å². The highest BCUT2D eigenvalue weighted by Crippen LogP contribution is 2.19. The Balaban J connectivity index is 1.96. The molecular formula is C11H8Cl2N6S. The summed E-state index contributed by atoms with van der Waals surface area (Å²) < 4.78 is 3.14. The molecule has 0 unspecified atom stereocenters. The van der Waals surface area contributed by atoms with Crippen LogP contribution < -0.4 is 0 Å². The largest absolute Gasteiger partial charge is 0.275 e. The fourth-order valence-corrected chi connectivity index (χ4v) is 2.47. The molecule has 0 aliphatic rings. The van der Waals surface area contributed by atoms with Crippen LogP contribution >= 0.6 is 35.0 Å². The van der Waals surface area contributed by atoms with Crippen LogP contribution in [0.5, 0.6) is 0 Å². The van der Waals surface area contributed by atoms with E-state index in [0.29, 0.717) is 21.0 Å². The predicted octanol–water partition coefficient (Wildman–Crippen LogP) is 2.84. The van der Waals surface area contributed by atoms with Crippen LogP contribution in [0.25, 0.3) is 5.78 Å². The van der Waals surface area contributed by atoms with Crippen molar-refractivity contribution in [1.29, 1.82) is 0 Å². The van der Waals surface area contributed by atoms with Crippen molar-refractivity contribution in [3.05, 3.63) is 40.1 Å². The molecular weight excluding hydrogens is 319 g/mol. The van der Waals surface area contributed by atoms with Crippen LogP contribution in [0.4, 0.5) is 0 Å². The number of hydrogen-bond acceptors (Lipinski definition) is 5. The Morgan fingerprint density at radius 3 is 2.90 bits per heavy atom. The second kappa shape index (κ2) is 5.43. The topological polar surface area (TPSA) is 60.4 Å². The van der Waals surface area contributed by atoms with Gasteiger partial charge in [0.15, 0.2) is 0 Å². The Morgan fingerprint density at radius 2 is 2.15 bits per heavy atom. The van der Waals surface area contributed by atoms with Crippen molar-refractivity contribution < 1.29 is 0 Å². The van der Waals surface area contributed by atoms with E-state index in [-0.39, 0.29) is 0 Å². The molecule has 0 aliphatic carbocycles. The van der Waals surface area contributed by atoms with Gasteiger partial charge in [0.25, 0.3) is 5.78 Å². The van der Waals surface area contributed by atoms with E-state index in [1.54, 1.807) is 35.3 Å². The maximum atomic E-state index is 6.08. The number of nitrogens with zero attached hydrogens (tertiary/aromatic N) is 6. The van der Waals surface area contributed by atoms with Crippen LogP contribution in [0.3, 0.4) is 0 Å². The predicted molar refractivity (Wildman–Crippen MR) is 80.0 cm³/mol. The Morgan fingerprint density at radius 1 is 1.30 bits per heavy atom. The first-order chi connectivity index (χ1) is 9.69. The number of aromatic nitrogens is 5. The highest BCUT2D eigenvalue weighted by molar-refractivity contribution is 7.98. The zero-order valence-corrected chi connectivity index (χ0v) is 12.6. The number of hydrogen-bond donors (Lipinski definition) is 0. The number of benzene rings is 1. The molecule has 9 heteroatoms. The number of rotatable bonds is 3. The van der Waals surface area contributed by atoms with E-state index < -0.39 is 0 Å². The molecule has 0 amide bonds. The second-order valence-electron chi connectivity index (χ2n) is 3.78. The van der Waals surface area contributed by atoms with E-state index in [1.165, 1.54) is 16.4 Å². The van der Waals surface area contributed by atoms with Gasteiger partial charge in [-0.3, -0.25) is 0 Å². The van der Waals surface area contributed by atoms with E-state index >= 15 is 0 Å². The molecule has 0 radical (unpaired) electrons. The maximum absolute atomic E-state index is 6.08. The van der Waals surface area contributed by atoms with E-state index in [2.05, 4.69) is 20.4 Å². The standard InChI is InChI=1S/C11H8Cl2N6S/c1-20-11-17-16-10-18(6-15-19(10)11)14-5-7-2-3-8(12)4-9(7)13/h2-6H,1H3/b14-5+. The average molecular weight is 327 g/mol. The fraction of sp³-hybridized carbons (Fsp3) is 0.0909. The SMILES string of the molecule is CSc1nnc2n(/N=C/c3ccc(Cl)cc3Cl)cnn12. The molecule has 0 saturated heterocycles. The van der Waals surface area contributed by atoms with Gasteiger partial charge in [0, 0.05) is 10.6 Å². The van der Waals surface area contributed by atoms with E-state index in [1.807, 2.05) is 6.26 Å². The lowest BCUT2D eigenvalue weighted by molar-refractivity contribution is 0.817. The first kappa shape index (κ1) is 13.4. The third kappa shape index (κ3) is 2.39. The lowest BCUT2D eigenvalue weighted by atomic mass is 10.2. The number of halogens is 2. The quantitative estimate of drug-likeness (QED) is 0.548. The number of thioether (sulfide) groups is 1. The van der Waals surface area contributed by atoms with Gasteiger partial charge in [0.1, 0.15) is 6.33 Å². The van der Waals surface area contributed by atoms with Gasteiger partial charge >= 0.3 is 0 Å². The second-order valence-corrected chi connectivity index (χ2v) is 5.40. The van der Waals surface area contributed by atoms with E-state index in [4.69, 9.17) is 23.2 Å². The Kier molecular flexibility index (Phi) is 3.64. The summed E-state index contributed by atoms with van der Waals surface area (Å²) in [6.07, 6.45) is 5.09. The molecule has 0 saturated carbocycles. The minimum absolute atomic E-state index is 0.531. The molecule has 0 atom stereocenters. The molecule has 0 spiro atoms. The summed E-state index contributed by atoms with van der Waals surface area (Å²) >= 11 is 13.4. The summed E-state index contributed by atoms with van der Waals surface area (Å²) in [5, 5.41) is 18.3. The lowest BCUT2D eigenvalue weighted by Crippen LogP contribution is -1.91. The zero-order valence-electron chi connectivity index (χ0n) is 10.2. The monoisotopic (exact) mass is 326 g/mol. The molecule has 0 N–H and O–H groups in total. The zero-order chi connectivity index (χ0) is 14.1. The summed E-state index contributed by atoms with van der Waals surface area (Å²) in [4.78, 5) is 0. The molecule has 0 fully saturated rings. The normalized spacial score (nSPS) is 11.8. The summed E-state index contributed by atoms with van der Waals surface area (Å²) in [6, 6.07) is 5.21.